The molecule has 122 valence electrons. The number of carbonyl (C=O) groups excluding carboxylic acids is 2. The molecule has 0 aromatic heterocycles. The van der Waals surface area contributed by atoms with Crippen LogP contribution in [0.25, 0.3) is 0 Å². The van der Waals surface area contributed by atoms with Gasteiger partial charge in [-0.05, 0) is 30.3 Å². The van der Waals surface area contributed by atoms with E-state index in [1.807, 2.05) is 6.07 Å². The van der Waals surface area contributed by atoms with Crippen LogP contribution in [0, 0.1) is 11.3 Å². The van der Waals surface area contributed by atoms with Crippen molar-refractivity contribution < 1.29 is 14.3 Å². The van der Waals surface area contributed by atoms with Crippen molar-refractivity contribution in [2.75, 3.05) is 23.9 Å². The molecule has 0 fully saturated rings. The molecule has 2 aromatic carbocycles. The first-order valence-corrected chi connectivity index (χ1v) is 7.25. The monoisotopic (exact) mass is 323 g/mol. The molecule has 0 heterocycles. The second-order valence-corrected chi connectivity index (χ2v) is 5.05. The van der Waals surface area contributed by atoms with Gasteiger partial charge in [-0.1, -0.05) is 12.1 Å². The molecule has 0 bridgehead atoms. The summed E-state index contributed by atoms with van der Waals surface area (Å²) in [5.74, 6) is -0.00959. The number of rotatable bonds is 5. The van der Waals surface area contributed by atoms with Crippen molar-refractivity contribution in [3.05, 3.63) is 54.1 Å². The Hall–Kier alpha value is -3.33. The Morgan fingerprint density at radius 3 is 2.62 bits per heavy atom. The van der Waals surface area contributed by atoms with Crippen LogP contribution in [0.5, 0.6) is 5.75 Å². The molecule has 0 unspecified atom stereocenters. The van der Waals surface area contributed by atoms with Crippen molar-refractivity contribution in [2.45, 2.75) is 6.92 Å². The molecule has 0 aliphatic heterocycles. The van der Waals surface area contributed by atoms with Gasteiger partial charge in [-0.3, -0.25) is 9.59 Å². The number of hydrogen-bond acceptors (Lipinski definition) is 4. The molecule has 6 heteroatoms. The Balaban J connectivity index is 2.13. The van der Waals surface area contributed by atoms with Crippen molar-refractivity contribution in [2.24, 2.45) is 0 Å². The number of hydrogen-bond donors (Lipinski definition) is 1. The van der Waals surface area contributed by atoms with Gasteiger partial charge in [0.15, 0.2) is 0 Å². The van der Waals surface area contributed by atoms with E-state index in [2.05, 4.69) is 5.32 Å². The van der Waals surface area contributed by atoms with Crippen LogP contribution in [0.1, 0.15) is 12.5 Å². The van der Waals surface area contributed by atoms with Crippen LogP contribution >= 0.6 is 0 Å². The lowest BCUT2D eigenvalue weighted by Crippen LogP contribution is -2.36. The number of nitrogens with zero attached hydrogens (tertiary/aromatic N) is 2. The molecule has 0 aliphatic rings. The molecule has 0 aliphatic carbocycles. The molecule has 24 heavy (non-hydrogen) atoms. The summed E-state index contributed by atoms with van der Waals surface area (Å²) in [6.07, 6.45) is 0. The van der Waals surface area contributed by atoms with Crippen LogP contribution in [0.4, 0.5) is 11.4 Å². The molecule has 0 saturated carbocycles. The maximum atomic E-state index is 12.2. The van der Waals surface area contributed by atoms with E-state index in [4.69, 9.17) is 10.00 Å². The minimum Gasteiger partial charge on any atom is -0.497 e. The number of nitrogens with one attached hydrogen (secondary N) is 1. The number of nitriles is 1. The number of ether oxygens (including phenoxy) is 1. The van der Waals surface area contributed by atoms with Crippen molar-refractivity contribution >= 4 is 23.2 Å². The average molecular weight is 323 g/mol. The maximum absolute atomic E-state index is 12.2. The molecule has 2 aromatic rings. The van der Waals surface area contributed by atoms with E-state index in [1.165, 1.54) is 11.8 Å². The second kappa shape index (κ2) is 7.79. The van der Waals surface area contributed by atoms with Crippen LogP contribution in [0.2, 0.25) is 0 Å². The molecule has 0 saturated heterocycles. The van der Waals surface area contributed by atoms with Crippen molar-refractivity contribution in [1.29, 1.82) is 5.26 Å². The first-order chi connectivity index (χ1) is 11.5. The highest BCUT2D eigenvalue weighted by Gasteiger charge is 2.16. The van der Waals surface area contributed by atoms with Crippen LogP contribution in [-0.4, -0.2) is 25.5 Å². The summed E-state index contributed by atoms with van der Waals surface area (Å²) in [4.78, 5) is 25.4. The summed E-state index contributed by atoms with van der Waals surface area (Å²) < 4.78 is 5.10. The Kier molecular flexibility index (Phi) is 5.53. The van der Waals surface area contributed by atoms with Gasteiger partial charge in [0.25, 0.3) is 0 Å². The summed E-state index contributed by atoms with van der Waals surface area (Å²) in [5.41, 5.74) is 1.50. The normalized spacial score (nSPS) is 9.71. The minimum atomic E-state index is -0.346. The van der Waals surface area contributed by atoms with Crippen LogP contribution < -0.4 is 15.0 Å². The zero-order chi connectivity index (χ0) is 17.5. The van der Waals surface area contributed by atoms with Gasteiger partial charge in [-0.25, -0.2) is 0 Å². The van der Waals surface area contributed by atoms with Crippen molar-refractivity contribution in [1.82, 2.24) is 0 Å². The van der Waals surface area contributed by atoms with E-state index in [1.54, 1.807) is 55.6 Å². The zero-order valence-electron chi connectivity index (χ0n) is 13.4. The summed E-state index contributed by atoms with van der Waals surface area (Å²) in [5, 5.41) is 11.7. The summed E-state index contributed by atoms with van der Waals surface area (Å²) in [6, 6.07) is 15.5. The number of amides is 2. The van der Waals surface area contributed by atoms with Gasteiger partial charge in [0, 0.05) is 24.4 Å². The quantitative estimate of drug-likeness (QED) is 0.916. The molecule has 0 radical (unpaired) electrons. The molecule has 6 nitrogen and oxygen atoms in total. The molecule has 2 amide bonds. The van der Waals surface area contributed by atoms with Gasteiger partial charge < -0.3 is 15.0 Å². The van der Waals surface area contributed by atoms with Crippen LogP contribution in [0.15, 0.2) is 48.5 Å². The van der Waals surface area contributed by atoms with Crippen LogP contribution in [0.3, 0.4) is 0 Å². The van der Waals surface area contributed by atoms with E-state index in [0.29, 0.717) is 22.7 Å². The van der Waals surface area contributed by atoms with Gasteiger partial charge in [-0.15, -0.1) is 0 Å². The van der Waals surface area contributed by atoms with Gasteiger partial charge in [0.05, 0.1) is 18.7 Å². The SMILES string of the molecule is COc1cccc(NC(=O)CN(C(C)=O)c2cccc(C#N)c2)c1. The zero-order valence-corrected chi connectivity index (χ0v) is 13.4. The summed E-state index contributed by atoms with van der Waals surface area (Å²) in [7, 11) is 1.54. The largest absolute Gasteiger partial charge is 0.497 e. The Morgan fingerprint density at radius 1 is 1.21 bits per heavy atom. The number of benzene rings is 2. The third-order valence-corrected chi connectivity index (χ3v) is 3.32. The molecular formula is C18H17N3O3. The van der Waals surface area contributed by atoms with Gasteiger partial charge in [-0.2, -0.15) is 5.26 Å². The highest BCUT2D eigenvalue weighted by Crippen LogP contribution is 2.18. The van der Waals surface area contributed by atoms with E-state index in [9.17, 15) is 9.59 Å². The highest BCUT2D eigenvalue weighted by atomic mass is 16.5. The predicted molar refractivity (Wildman–Crippen MR) is 90.8 cm³/mol. The molecule has 0 spiro atoms. The highest BCUT2D eigenvalue weighted by molar-refractivity contribution is 6.01. The topological polar surface area (TPSA) is 82.4 Å². The van der Waals surface area contributed by atoms with Gasteiger partial charge in [0.1, 0.15) is 12.3 Å². The predicted octanol–water partition coefficient (Wildman–Crippen LogP) is 2.56. The van der Waals surface area contributed by atoms with E-state index in [0.717, 1.165) is 0 Å². The van der Waals surface area contributed by atoms with Gasteiger partial charge >= 0.3 is 0 Å². The standard InChI is InChI=1S/C18H17N3O3/c1-13(22)21(16-7-3-5-14(9-16)11-19)12-18(23)20-15-6-4-8-17(10-15)24-2/h3-10H,12H2,1-2H3,(H,20,23). The Bertz CT molecular complexity index is 796. The number of anilines is 2. The lowest BCUT2D eigenvalue weighted by molar-refractivity contribution is -0.120. The molecule has 0 atom stereocenters. The average Bonchev–Trinajstić information content (AvgIpc) is 2.59. The fourth-order valence-corrected chi connectivity index (χ4v) is 2.17. The van der Waals surface area contributed by atoms with E-state index >= 15 is 0 Å². The molecular weight excluding hydrogens is 306 g/mol. The second-order valence-electron chi connectivity index (χ2n) is 5.05. The lowest BCUT2D eigenvalue weighted by atomic mass is 10.2. The fourth-order valence-electron chi connectivity index (χ4n) is 2.17. The van der Waals surface area contributed by atoms with E-state index in [-0.39, 0.29) is 18.4 Å². The third-order valence-electron chi connectivity index (χ3n) is 3.32. The molecule has 2 rings (SSSR count). The number of carbonyl (C=O) groups is 2. The first kappa shape index (κ1) is 17.0. The van der Waals surface area contributed by atoms with Gasteiger partial charge in [0.2, 0.25) is 11.8 Å². The smallest absolute Gasteiger partial charge is 0.244 e. The van der Waals surface area contributed by atoms with E-state index < -0.39 is 0 Å². The number of methoxy groups -OCH3 is 1. The van der Waals surface area contributed by atoms with Crippen LogP contribution in [-0.2, 0) is 9.59 Å². The fraction of sp³-hybridized carbons (Fsp3) is 0.167. The summed E-state index contributed by atoms with van der Waals surface area (Å²) >= 11 is 0. The Morgan fingerprint density at radius 2 is 1.96 bits per heavy atom. The Labute approximate surface area is 140 Å². The third kappa shape index (κ3) is 4.34. The minimum absolute atomic E-state index is 0.151. The molecule has 1 N–H and O–H groups in total. The summed E-state index contributed by atoms with van der Waals surface area (Å²) in [6.45, 7) is 1.22. The first-order valence-electron chi connectivity index (χ1n) is 7.25. The maximum Gasteiger partial charge on any atom is 0.244 e. The van der Waals surface area contributed by atoms with Crippen molar-refractivity contribution in [3.63, 3.8) is 0 Å². The van der Waals surface area contributed by atoms with Crippen molar-refractivity contribution in [3.8, 4) is 11.8 Å². The lowest BCUT2D eigenvalue weighted by Gasteiger charge is -2.21.